The molecule has 23 heavy (non-hydrogen) atoms. The topological polar surface area (TPSA) is 65.4 Å². The van der Waals surface area contributed by atoms with Gasteiger partial charge >= 0.3 is 0 Å². The maximum Gasteiger partial charge on any atom is 0.250 e. The van der Waals surface area contributed by atoms with Crippen LogP contribution in [0.15, 0.2) is 30.3 Å². The van der Waals surface area contributed by atoms with Gasteiger partial charge in [0.2, 0.25) is 5.91 Å². The van der Waals surface area contributed by atoms with Crippen LogP contribution in [0.3, 0.4) is 0 Å². The van der Waals surface area contributed by atoms with Crippen molar-refractivity contribution >= 4 is 11.6 Å². The number of aryl methyl sites for hydroxylation is 2. The van der Waals surface area contributed by atoms with E-state index >= 15 is 0 Å². The summed E-state index contributed by atoms with van der Waals surface area (Å²) in [6, 6.07) is 9.79. The van der Waals surface area contributed by atoms with Gasteiger partial charge in [0.05, 0.1) is 25.5 Å². The summed E-state index contributed by atoms with van der Waals surface area (Å²) in [5.41, 5.74) is 3.95. The van der Waals surface area contributed by atoms with Gasteiger partial charge in [0.1, 0.15) is 6.61 Å². The molecule has 1 aromatic heterocycles. The van der Waals surface area contributed by atoms with Gasteiger partial charge in [-0.15, -0.1) is 0 Å². The summed E-state index contributed by atoms with van der Waals surface area (Å²) in [6.45, 7) is 5.58. The molecule has 1 heterocycles. The van der Waals surface area contributed by atoms with Gasteiger partial charge in [-0.3, -0.25) is 9.48 Å². The molecule has 1 N–H and O–H groups in total. The lowest BCUT2D eigenvalue weighted by atomic mass is 10.2. The average molecular weight is 317 g/mol. The van der Waals surface area contributed by atoms with Crippen molar-refractivity contribution in [2.24, 2.45) is 0 Å². The summed E-state index contributed by atoms with van der Waals surface area (Å²) < 4.78 is 12.0. The third-order valence-corrected chi connectivity index (χ3v) is 3.31. The number of methoxy groups -OCH3 is 1. The third kappa shape index (κ3) is 5.50. The summed E-state index contributed by atoms with van der Waals surface area (Å²) in [7, 11) is 1.59. The lowest BCUT2D eigenvalue weighted by Crippen LogP contribution is -2.19. The van der Waals surface area contributed by atoms with Crippen LogP contribution in [-0.4, -0.2) is 42.6 Å². The SMILES string of the molecule is COCCOCC(=O)Nc1cccc(Cn2nc(C)cc2C)c1. The zero-order chi connectivity index (χ0) is 16.7. The van der Waals surface area contributed by atoms with E-state index in [9.17, 15) is 4.79 Å². The van der Waals surface area contributed by atoms with Gasteiger partial charge in [-0.05, 0) is 37.6 Å². The van der Waals surface area contributed by atoms with Gasteiger partial charge in [-0.1, -0.05) is 12.1 Å². The van der Waals surface area contributed by atoms with Crippen LogP contribution in [0.1, 0.15) is 17.0 Å². The molecule has 0 fully saturated rings. The normalized spacial score (nSPS) is 10.7. The predicted molar refractivity (Wildman–Crippen MR) is 88.6 cm³/mol. The van der Waals surface area contributed by atoms with Gasteiger partial charge < -0.3 is 14.8 Å². The van der Waals surface area contributed by atoms with Gasteiger partial charge in [0, 0.05) is 18.5 Å². The Morgan fingerprint density at radius 1 is 1.26 bits per heavy atom. The van der Waals surface area contributed by atoms with E-state index in [0.717, 1.165) is 22.6 Å². The molecule has 0 atom stereocenters. The standard InChI is InChI=1S/C17H23N3O3/c1-13-9-14(2)20(19-13)11-15-5-4-6-16(10-15)18-17(21)12-23-8-7-22-3/h4-6,9-10H,7-8,11-12H2,1-3H3,(H,18,21). The van der Waals surface area contributed by atoms with Gasteiger partial charge in [0.25, 0.3) is 0 Å². The molecule has 1 amide bonds. The highest BCUT2D eigenvalue weighted by molar-refractivity contribution is 5.91. The predicted octanol–water partition coefficient (Wildman–Crippen LogP) is 2.15. The number of rotatable bonds is 8. The Morgan fingerprint density at radius 3 is 2.78 bits per heavy atom. The van der Waals surface area contributed by atoms with Gasteiger partial charge in [0.15, 0.2) is 0 Å². The van der Waals surface area contributed by atoms with Crippen molar-refractivity contribution in [3.8, 4) is 0 Å². The number of aromatic nitrogens is 2. The van der Waals surface area contributed by atoms with Gasteiger partial charge in [-0.25, -0.2) is 0 Å². The molecule has 0 aliphatic carbocycles. The fourth-order valence-electron chi connectivity index (χ4n) is 2.26. The molecule has 0 saturated heterocycles. The number of anilines is 1. The third-order valence-electron chi connectivity index (χ3n) is 3.31. The Kier molecular flexibility index (Phi) is 6.31. The number of hydrogen-bond acceptors (Lipinski definition) is 4. The van der Waals surface area contributed by atoms with Crippen LogP contribution < -0.4 is 5.32 Å². The maximum absolute atomic E-state index is 11.8. The van der Waals surface area contributed by atoms with Crippen molar-refractivity contribution in [3.63, 3.8) is 0 Å². The van der Waals surface area contributed by atoms with E-state index in [1.54, 1.807) is 7.11 Å². The van der Waals surface area contributed by atoms with Crippen LogP contribution in [0.2, 0.25) is 0 Å². The largest absolute Gasteiger partial charge is 0.382 e. The number of nitrogens with zero attached hydrogens (tertiary/aromatic N) is 2. The molecular formula is C17H23N3O3. The molecule has 0 aliphatic heterocycles. The quantitative estimate of drug-likeness (QED) is 0.758. The molecule has 1 aromatic carbocycles. The second-order valence-corrected chi connectivity index (χ2v) is 5.38. The highest BCUT2D eigenvalue weighted by Crippen LogP contribution is 2.13. The molecule has 0 saturated carbocycles. The second kappa shape index (κ2) is 8.45. The lowest BCUT2D eigenvalue weighted by molar-refractivity contribution is -0.121. The van der Waals surface area contributed by atoms with Crippen LogP contribution in [0, 0.1) is 13.8 Å². The number of ether oxygens (including phenoxy) is 2. The summed E-state index contributed by atoms with van der Waals surface area (Å²) in [5.74, 6) is -0.177. The van der Waals surface area contributed by atoms with E-state index in [1.165, 1.54) is 0 Å². The van der Waals surface area contributed by atoms with Crippen molar-refractivity contribution in [1.82, 2.24) is 9.78 Å². The van der Waals surface area contributed by atoms with E-state index in [4.69, 9.17) is 9.47 Å². The number of hydrogen-bond donors (Lipinski definition) is 1. The van der Waals surface area contributed by atoms with Crippen molar-refractivity contribution < 1.29 is 14.3 Å². The molecule has 0 bridgehead atoms. The zero-order valence-corrected chi connectivity index (χ0v) is 13.8. The first kappa shape index (κ1) is 17.2. The fourth-order valence-corrected chi connectivity index (χ4v) is 2.26. The number of carbonyl (C=O) groups is 1. The minimum Gasteiger partial charge on any atom is -0.382 e. The van der Waals surface area contributed by atoms with Crippen molar-refractivity contribution in [2.45, 2.75) is 20.4 Å². The molecule has 2 rings (SSSR count). The maximum atomic E-state index is 11.8. The summed E-state index contributed by atoms with van der Waals surface area (Å²) in [5, 5.41) is 7.28. The summed E-state index contributed by atoms with van der Waals surface area (Å²) >= 11 is 0. The van der Waals surface area contributed by atoms with E-state index in [1.807, 2.05) is 48.9 Å². The van der Waals surface area contributed by atoms with E-state index in [0.29, 0.717) is 19.8 Å². The molecule has 124 valence electrons. The van der Waals surface area contributed by atoms with E-state index in [2.05, 4.69) is 10.4 Å². The smallest absolute Gasteiger partial charge is 0.250 e. The van der Waals surface area contributed by atoms with E-state index in [-0.39, 0.29) is 12.5 Å². The van der Waals surface area contributed by atoms with Crippen LogP contribution >= 0.6 is 0 Å². The summed E-state index contributed by atoms with van der Waals surface area (Å²) in [6.07, 6.45) is 0. The Bertz CT molecular complexity index is 652. The lowest BCUT2D eigenvalue weighted by Gasteiger charge is -2.09. The number of benzene rings is 1. The van der Waals surface area contributed by atoms with Crippen molar-refractivity contribution in [1.29, 1.82) is 0 Å². The van der Waals surface area contributed by atoms with Crippen LogP contribution in [0.5, 0.6) is 0 Å². The minimum absolute atomic E-state index is 0.0189. The molecule has 2 aromatic rings. The highest BCUT2D eigenvalue weighted by atomic mass is 16.5. The second-order valence-electron chi connectivity index (χ2n) is 5.38. The Balaban J connectivity index is 1.91. The molecule has 6 nitrogen and oxygen atoms in total. The first-order chi connectivity index (χ1) is 11.1. The molecular weight excluding hydrogens is 294 g/mol. The summed E-state index contributed by atoms with van der Waals surface area (Å²) in [4.78, 5) is 11.8. The van der Waals surface area contributed by atoms with Crippen molar-refractivity contribution in [3.05, 3.63) is 47.3 Å². The van der Waals surface area contributed by atoms with Gasteiger partial charge in [-0.2, -0.15) is 5.10 Å². The van der Waals surface area contributed by atoms with Crippen molar-refractivity contribution in [2.75, 3.05) is 32.2 Å². The molecule has 6 heteroatoms. The zero-order valence-electron chi connectivity index (χ0n) is 13.8. The number of nitrogens with one attached hydrogen (secondary N) is 1. The molecule has 0 radical (unpaired) electrons. The average Bonchev–Trinajstić information content (AvgIpc) is 2.82. The van der Waals surface area contributed by atoms with Crippen LogP contribution in [-0.2, 0) is 20.8 Å². The molecule has 0 spiro atoms. The Hall–Kier alpha value is -2.18. The van der Waals surface area contributed by atoms with E-state index < -0.39 is 0 Å². The molecule has 0 aliphatic rings. The Labute approximate surface area is 136 Å². The Morgan fingerprint density at radius 2 is 2.09 bits per heavy atom. The number of amides is 1. The van der Waals surface area contributed by atoms with Crippen LogP contribution in [0.4, 0.5) is 5.69 Å². The monoisotopic (exact) mass is 317 g/mol. The fraction of sp³-hybridized carbons (Fsp3) is 0.412. The van der Waals surface area contributed by atoms with Crippen LogP contribution in [0.25, 0.3) is 0 Å². The molecule has 0 unspecified atom stereocenters. The highest BCUT2D eigenvalue weighted by Gasteiger charge is 2.05. The number of carbonyl (C=O) groups excluding carboxylic acids is 1. The minimum atomic E-state index is -0.177. The first-order valence-corrected chi connectivity index (χ1v) is 7.55. The first-order valence-electron chi connectivity index (χ1n) is 7.55.